The third-order valence-electron chi connectivity index (χ3n) is 3.43. The standard InChI is InChI=1S/C18H28N2O5S/c1-17(2,3)12-18(4,5)20-15(21)11-25-16(22)13-8-7-9-14(10-13)26(23,24)19-6/h7-10,19H,11-12H2,1-6H3,(H,20,21). The molecule has 0 radical (unpaired) electrons. The number of esters is 1. The molecule has 0 bridgehead atoms. The molecule has 1 rings (SSSR count). The lowest BCUT2D eigenvalue weighted by Crippen LogP contribution is -2.47. The Balaban J connectivity index is 2.70. The van der Waals surface area contributed by atoms with Crippen LogP contribution in [0, 0.1) is 5.41 Å². The van der Waals surface area contributed by atoms with Crippen LogP contribution in [0.25, 0.3) is 0 Å². The fraction of sp³-hybridized carbons (Fsp3) is 0.556. The van der Waals surface area contributed by atoms with E-state index >= 15 is 0 Å². The minimum atomic E-state index is -3.66. The van der Waals surface area contributed by atoms with E-state index in [-0.39, 0.29) is 15.9 Å². The summed E-state index contributed by atoms with van der Waals surface area (Å²) in [5, 5.41) is 2.84. The van der Waals surface area contributed by atoms with E-state index in [0.29, 0.717) is 0 Å². The van der Waals surface area contributed by atoms with Crippen LogP contribution in [0.2, 0.25) is 0 Å². The van der Waals surface area contributed by atoms with Crippen LogP contribution in [-0.2, 0) is 19.6 Å². The van der Waals surface area contributed by atoms with Crippen LogP contribution in [-0.4, -0.2) is 39.5 Å². The largest absolute Gasteiger partial charge is 0.452 e. The zero-order valence-electron chi connectivity index (χ0n) is 16.2. The average molecular weight is 384 g/mol. The SMILES string of the molecule is CNS(=O)(=O)c1cccc(C(=O)OCC(=O)NC(C)(C)CC(C)(C)C)c1. The number of amides is 1. The number of carbonyl (C=O) groups excluding carboxylic acids is 2. The van der Waals surface area contributed by atoms with Crippen molar-refractivity contribution < 1.29 is 22.7 Å². The summed E-state index contributed by atoms with van der Waals surface area (Å²) >= 11 is 0. The van der Waals surface area contributed by atoms with E-state index in [0.717, 1.165) is 6.42 Å². The van der Waals surface area contributed by atoms with Gasteiger partial charge in [0.15, 0.2) is 6.61 Å². The Kier molecular flexibility index (Phi) is 6.95. The predicted octanol–water partition coefficient (Wildman–Crippen LogP) is 2.08. The van der Waals surface area contributed by atoms with E-state index in [1.54, 1.807) is 0 Å². The third-order valence-corrected chi connectivity index (χ3v) is 4.85. The van der Waals surface area contributed by atoms with Crippen LogP contribution < -0.4 is 10.0 Å². The lowest BCUT2D eigenvalue weighted by Gasteiger charge is -2.33. The smallest absolute Gasteiger partial charge is 0.338 e. The fourth-order valence-electron chi connectivity index (χ4n) is 2.91. The van der Waals surface area contributed by atoms with Gasteiger partial charge in [-0.2, -0.15) is 0 Å². The Bertz CT molecular complexity index is 764. The maximum absolute atomic E-state index is 12.1. The van der Waals surface area contributed by atoms with Gasteiger partial charge in [0.2, 0.25) is 10.0 Å². The lowest BCUT2D eigenvalue weighted by molar-refractivity contribution is -0.126. The lowest BCUT2D eigenvalue weighted by atomic mass is 9.82. The zero-order chi connectivity index (χ0) is 20.2. The van der Waals surface area contributed by atoms with Crippen molar-refractivity contribution in [3.63, 3.8) is 0 Å². The molecule has 146 valence electrons. The maximum atomic E-state index is 12.1. The fourth-order valence-corrected chi connectivity index (χ4v) is 3.68. The van der Waals surface area contributed by atoms with E-state index in [4.69, 9.17) is 4.74 Å². The van der Waals surface area contributed by atoms with Crippen LogP contribution in [0.4, 0.5) is 0 Å². The molecule has 0 atom stereocenters. The first-order valence-electron chi connectivity index (χ1n) is 8.27. The second-order valence-electron chi connectivity index (χ2n) is 7.98. The van der Waals surface area contributed by atoms with Crippen molar-refractivity contribution in [2.75, 3.05) is 13.7 Å². The van der Waals surface area contributed by atoms with Crippen LogP contribution in [0.1, 0.15) is 51.4 Å². The van der Waals surface area contributed by atoms with Crippen molar-refractivity contribution in [3.8, 4) is 0 Å². The molecule has 0 saturated heterocycles. The number of rotatable bonds is 7. The summed E-state index contributed by atoms with van der Waals surface area (Å²) in [7, 11) is -2.38. The minimum absolute atomic E-state index is 0.0344. The molecule has 1 aromatic rings. The van der Waals surface area contributed by atoms with Crippen molar-refractivity contribution in [2.45, 2.75) is 51.5 Å². The summed E-state index contributed by atoms with van der Waals surface area (Å²) in [6.45, 7) is 9.61. The highest BCUT2D eigenvalue weighted by Crippen LogP contribution is 2.26. The quantitative estimate of drug-likeness (QED) is 0.701. The van der Waals surface area contributed by atoms with Gasteiger partial charge in [0, 0.05) is 5.54 Å². The maximum Gasteiger partial charge on any atom is 0.338 e. The number of ether oxygens (including phenoxy) is 1. The molecule has 0 spiro atoms. The average Bonchev–Trinajstić information content (AvgIpc) is 2.49. The Hall–Kier alpha value is -1.93. The first-order chi connectivity index (χ1) is 11.8. The summed E-state index contributed by atoms with van der Waals surface area (Å²) < 4.78 is 30.7. The Morgan fingerprint density at radius 2 is 1.73 bits per heavy atom. The molecule has 0 heterocycles. The number of carbonyl (C=O) groups is 2. The molecule has 0 aliphatic carbocycles. The summed E-state index contributed by atoms with van der Waals surface area (Å²) in [4.78, 5) is 24.1. The third kappa shape index (κ3) is 7.13. The van der Waals surface area contributed by atoms with Crippen molar-refractivity contribution >= 4 is 21.9 Å². The van der Waals surface area contributed by atoms with Crippen molar-refractivity contribution in [2.24, 2.45) is 5.41 Å². The summed E-state index contributed by atoms with van der Waals surface area (Å²) in [6.07, 6.45) is 0.754. The van der Waals surface area contributed by atoms with Crippen LogP contribution in [0.5, 0.6) is 0 Å². The monoisotopic (exact) mass is 384 g/mol. The predicted molar refractivity (Wildman–Crippen MR) is 99.3 cm³/mol. The molecule has 7 nitrogen and oxygen atoms in total. The Labute approximate surface area is 155 Å². The highest BCUT2D eigenvalue weighted by Gasteiger charge is 2.27. The molecule has 0 aliphatic rings. The van der Waals surface area contributed by atoms with Gasteiger partial charge >= 0.3 is 5.97 Å². The van der Waals surface area contributed by atoms with Crippen molar-refractivity contribution in [1.82, 2.24) is 10.0 Å². The van der Waals surface area contributed by atoms with Crippen LogP contribution >= 0.6 is 0 Å². The summed E-state index contributed by atoms with van der Waals surface area (Å²) in [6, 6.07) is 5.44. The highest BCUT2D eigenvalue weighted by molar-refractivity contribution is 7.89. The van der Waals surface area contributed by atoms with Gasteiger partial charge in [-0.3, -0.25) is 4.79 Å². The van der Waals surface area contributed by atoms with Gasteiger partial charge in [-0.05, 0) is 50.9 Å². The van der Waals surface area contributed by atoms with E-state index in [1.165, 1.54) is 31.3 Å². The minimum Gasteiger partial charge on any atom is -0.452 e. The van der Waals surface area contributed by atoms with E-state index in [1.807, 2.05) is 13.8 Å². The summed E-state index contributed by atoms with van der Waals surface area (Å²) in [5.41, 5.74) is -0.349. The van der Waals surface area contributed by atoms with Crippen molar-refractivity contribution in [1.29, 1.82) is 0 Å². The van der Waals surface area contributed by atoms with E-state index in [9.17, 15) is 18.0 Å². The molecule has 8 heteroatoms. The molecular formula is C18H28N2O5S. The van der Waals surface area contributed by atoms with Gasteiger partial charge in [0.25, 0.3) is 5.91 Å². The van der Waals surface area contributed by atoms with Crippen LogP contribution in [0.15, 0.2) is 29.2 Å². The van der Waals surface area contributed by atoms with E-state index in [2.05, 4.69) is 30.8 Å². The molecule has 1 amide bonds. The molecule has 2 N–H and O–H groups in total. The van der Waals surface area contributed by atoms with Gasteiger partial charge in [-0.1, -0.05) is 26.8 Å². The number of benzene rings is 1. The molecule has 0 aliphatic heterocycles. The van der Waals surface area contributed by atoms with Gasteiger partial charge in [0.05, 0.1) is 10.5 Å². The second-order valence-corrected chi connectivity index (χ2v) is 9.87. The van der Waals surface area contributed by atoms with Crippen LogP contribution in [0.3, 0.4) is 0 Å². The first kappa shape index (κ1) is 22.1. The molecule has 0 saturated carbocycles. The highest BCUT2D eigenvalue weighted by atomic mass is 32.2. The van der Waals surface area contributed by atoms with E-state index < -0.39 is 34.0 Å². The van der Waals surface area contributed by atoms with Gasteiger partial charge < -0.3 is 10.1 Å². The first-order valence-corrected chi connectivity index (χ1v) is 9.76. The number of sulfonamides is 1. The van der Waals surface area contributed by atoms with Gasteiger partial charge in [-0.25, -0.2) is 17.9 Å². The second kappa shape index (κ2) is 8.18. The normalized spacial score (nSPS) is 12.5. The molecular weight excluding hydrogens is 356 g/mol. The number of hydrogen-bond acceptors (Lipinski definition) is 5. The molecule has 0 unspecified atom stereocenters. The zero-order valence-corrected chi connectivity index (χ0v) is 17.0. The molecule has 0 aromatic heterocycles. The number of hydrogen-bond donors (Lipinski definition) is 2. The molecule has 1 aromatic carbocycles. The van der Waals surface area contributed by atoms with Crippen molar-refractivity contribution in [3.05, 3.63) is 29.8 Å². The molecule has 26 heavy (non-hydrogen) atoms. The Morgan fingerprint density at radius 3 is 2.27 bits per heavy atom. The summed E-state index contributed by atoms with van der Waals surface area (Å²) in [5.74, 6) is -1.17. The van der Waals surface area contributed by atoms with Gasteiger partial charge in [0.1, 0.15) is 0 Å². The van der Waals surface area contributed by atoms with Gasteiger partial charge in [-0.15, -0.1) is 0 Å². The topological polar surface area (TPSA) is 102 Å². The Morgan fingerprint density at radius 1 is 1.12 bits per heavy atom. The number of nitrogens with one attached hydrogen (secondary N) is 2. The molecule has 0 fully saturated rings.